The average molecular weight is 449 g/mol. The molecule has 2 aliphatic rings. The van der Waals surface area contributed by atoms with Gasteiger partial charge in [0.2, 0.25) is 0 Å². The first-order chi connectivity index (χ1) is 15.4. The predicted octanol–water partition coefficient (Wildman–Crippen LogP) is 4.37. The van der Waals surface area contributed by atoms with Crippen LogP contribution in [0.2, 0.25) is 0 Å². The zero-order valence-corrected chi connectivity index (χ0v) is 19.1. The monoisotopic (exact) mass is 448 g/mol. The third-order valence-electron chi connectivity index (χ3n) is 7.08. The molecule has 0 saturated heterocycles. The second kappa shape index (κ2) is 11.5. The lowest BCUT2D eigenvalue weighted by molar-refractivity contribution is -0.139. The summed E-state index contributed by atoms with van der Waals surface area (Å²) in [4.78, 5) is 22.6. The van der Waals surface area contributed by atoms with Gasteiger partial charge in [-0.1, -0.05) is 31.9 Å². The molecule has 0 aromatic heterocycles. The zero-order chi connectivity index (χ0) is 23.1. The molecular formula is C25H36O7. The van der Waals surface area contributed by atoms with Gasteiger partial charge in [-0.3, -0.25) is 0 Å². The number of aliphatic carboxylic acids is 1. The van der Waals surface area contributed by atoms with Crippen LogP contribution in [0, 0.1) is 17.8 Å². The smallest absolute Gasteiger partial charge is 0.482 e. The summed E-state index contributed by atoms with van der Waals surface area (Å²) in [6.45, 7) is 1.79. The highest BCUT2D eigenvalue weighted by Gasteiger charge is 2.45. The summed E-state index contributed by atoms with van der Waals surface area (Å²) in [5, 5.41) is 19.8. The van der Waals surface area contributed by atoms with Crippen molar-refractivity contribution in [1.29, 1.82) is 0 Å². The van der Waals surface area contributed by atoms with Crippen molar-refractivity contribution in [3.63, 3.8) is 0 Å². The minimum atomic E-state index is -0.990. The Morgan fingerprint density at radius 2 is 2.00 bits per heavy atom. The van der Waals surface area contributed by atoms with Crippen molar-refractivity contribution in [3.8, 4) is 5.75 Å². The Kier molecular flexibility index (Phi) is 8.79. The first kappa shape index (κ1) is 24.4. The molecule has 0 heterocycles. The van der Waals surface area contributed by atoms with Gasteiger partial charge in [0.05, 0.1) is 13.2 Å². The number of ether oxygens (including phenoxy) is 3. The van der Waals surface area contributed by atoms with E-state index in [1.165, 1.54) is 12.7 Å². The number of hydrogen-bond acceptors (Lipinski definition) is 6. The summed E-state index contributed by atoms with van der Waals surface area (Å²) in [5.41, 5.74) is 2.26. The number of carboxylic acids is 1. The van der Waals surface area contributed by atoms with Crippen LogP contribution in [0.15, 0.2) is 18.2 Å². The lowest BCUT2D eigenvalue weighted by atomic mass is 9.73. The van der Waals surface area contributed by atoms with Gasteiger partial charge < -0.3 is 24.4 Å². The van der Waals surface area contributed by atoms with Crippen LogP contribution in [0.25, 0.3) is 0 Å². The highest BCUT2D eigenvalue weighted by atomic mass is 16.7. The Hall–Kier alpha value is -2.28. The number of aliphatic hydroxyl groups excluding tert-OH is 1. The molecule has 7 nitrogen and oxygen atoms in total. The third-order valence-corrected chi connectivity index (χ3v) is 7.08. The van der Waals surface area contributed by atoms with E-state index in [0.717, 1.165) is 63.4 Å². The number of benzene rings is 1. The van der Waals surface area contributed by atoms with E-state index in [2.05, 4.69) is 13.0 Å². The fraction of sp³-hybridized carbons (Fsp3) is 0.680. The summed E-state index contributed by atoms with van der Waals surface area (Å²) >= 11 is 0. The Labute approximate surface area is 190 Å². The van der Waals surface area contributed by atoms with Crippen LogP contribution in [0.3, 0.4) is 0 Å². The molecule has 1 aromatic rings. The predicted molar refractivity (Wildman–Crippen MR) is 119 cm³/mol. The Bertz CT molecular complexity index is 778. The number of hydrogen-bond donors (Lipinski definition) is 2. The molecule has 2 aliphatic carbocycles. The standard InChI is InChI=1S/C25H36O7/c1-3-4-5-8-18(32-25(29)30-2)10-11-19-20-12-16-7-6-9-23(31-15-24(27)28)21(16)13-17(20)14-22(19)26/h6-7,9,17-20,22,26H,3-5,8,10-15H2,1-2H3,(H,27,28)/t17?,18?,19-,20?,22-/m1/s1. The molecule has 3 rings (SSSR count). The van der Waals surface area contributed by atoms with Crippen LogP contribution in [0.5, 0.6) is 5.75 Å². The van der Waals surface area contributed by atoms with Gasteiger partial charge in [-0.2, -0.15) is 0 Å². The van der Waals surface area contributed by atoms with Crippen LogP contribution in [-0.4, -0.2) is 48.3 Å². The number of carbonyl (C=O) groups excluding carboxylic acids is 1. The van der Waals surface area contributed by atoms with Gasteiger partial charge in [-0.15, -0.1) is 0 Å². The molecule has 2 N–H and O–H groups in total. The number of methoxy groups -OCH3 is 1. The van der Waals surface area contributed by atoms with Crippen molar-refractivity contribution >= 4 is 12.1 Å². The normalized spacial score (nSPS) is 24.8. The van der Waals surface area contributed by atoms with Crippen molar-refractivity contribution in [3.05, 3.63) is 29.3 Å². The fourth-order valence-corrected chi connectivity index (χ4v) is 5.53. The van der Waals surface area contributed by atoms with Gasteiger partial charge in [0, 0.05) is 0 Å². The van der Waals surface area contributed by atoms with Crippen molar-refractivity contribution in [1.82, 2.24) is 0 Å². The number of carboxylic acid groups (broad SMARTS) is 1. The average Bonchev–Trinajstić information content (AvgIpc) is 3.08. The topological polar surface area (TPSA) is 102 Å². The zero-order valence-electron chi connectivity index (χ0n) is 19.1. The van der Waals surface area contributed by atoms with Gasteiger partial charge in [-0.05, 0) is 79.9 Å². The summed E-state index contributed by atoms with van der Waals surface area (Å²) < 4.78 is 15.7. The highest BCUT2D eigenvalue weighted by Crippen LogP contribution is 2.48. The molecule has 3 unspecified atom stereocenters. The molecule has 1 saturated carbocycles. The SMILES string of the molecule is CCCCCC(CC[C@@H]1C2Cc3cccc(OCC(=O)O)c3CC2C[C@H]1O)OC(=O)OC. The molecule has 1 aromatic carbocycles. The second-order valence-corrected chi connectivity index (χ2v) is 9.14. The second-order valence-electron chi connectivity index (χ2n) is 9.14. The van der Waals surface area contributed by atoms with Crippen molar-refractivity contribution in [2.45, 2.75) is 76.9 Å². The maximum atomic E-state index is 11.7. The van der Waals surface area contributed by atoms with E-state index in [9.17, 15) is 14.7 Å². The van der Waals surface area contributed by atoms with Gasteiger partial charge in [0.15, 0.2) is 6.61 Å². The van der Waals surface area contributed by atoms with Crippen molar-refractivity contribution in [2.24, 2.45) is 17.8 Å². The van der Waals surface area contributed by atoms with Crippen LogP contribution in [0.1, 0.15) is 63.0 Å². The van der Waals surface area contributed by atoms with Crippen molar-refractivity contribution in [2.75, 3.05) is 13.7 Å². The molecule has 178 valence electrons. The Balaban J connectivity index is 1.65. The molecule has 0 radical (unpaired) electrons. The number of unbranched alkanes of at least 4 members (excludes halogenated alkanes) is 2. The lowest BCUT2D eigenvalue weighted by Crippen LogP contribution is -2.29. The first-order valence-corrected chi connectivity index (χ1v) is 11.8. The molecule has 0 spiro atoms. The van der Waals surface area contributed by atoms with Crippen LogP contribution < -0.4 is 4.74 Å². The number of rotatable bonds is 11. The molecule has 0 aliphatic heterocycles. The molecule has 5 atom stereocenters. The Morgan fingerprint density at radius 1 is 1.19 bits per heavy atom. The fourth-order valence-electron chi connectivity index (χ4n) is 5.53. The maximum Gasteiger partial charge on any atom is 0.508 e. The first-order valence-electron chi connectivity index (χ1n) is 11.8. The van der Waals surface area contributed by atoms with Gasteiger partial charge in [0.25, 0.3) is 0 Å². The van der Waals surface area contributed by atoms with E-state index < -0.39 is 12.1 Å². The molecular weight excluding hydrogens is 412 g/mol. The van der Waals surface area contributed by atoms with Crippen molar-refractivity contribution < 1.29 is 34.0 Å². The van der Waals surface area contributed by atoms with E-state index in [1.807, 2.05) is 12.1 Å². The van der Waals surface area contributed by atoms with E-state index in [-0.39, 0.29) is 24.7 Å². The minimum Gasteiger partial charge on any atom is -0.482 e. The molecule has 32 heavy (non-hydrogen) atoms. The maximum absolute atomic E-state index is 11.7. The van der Waals surface area contributed by atoms with E-state index in [4.69, 9.17) is 19.3 Å². The van der Waals surface area contributed by atoms with Crippen LogP contribution >= 0.6 is 0 Å². The number of fused-ring (bicyclic) bond motifs is 2. The summed E-state index contributed by atoms with van der Waals surface area (Å²) in [6.07, 6.45) is 6.72. The van der Waals surface area contributed by atoms with Gasteiger partial charge in [0.1, 0.15) is 11.9 Å². The minimum absolute atomic E-state index is 0.159. The molecule has 7 heteroatoms. The quantitative estimate of drug-likeness (QED) is 0.383. The highest BCUT2D eigenvalue weighted by molar-refractivity contribution is 5.68. The van der Waals surface area contributed by atoms with E-state index in [0.29, 0.717) is 17.6 Å². The summed E-state index contributed by atoms with van der Waals surface area (Å²) in [5.74, 6) is 0.518. The largest absolute Gasteiger partial charge is 0.508 e. The lowest BCUT2D eigenvalue weighted by Gasteiger charge is -2.32. The van der Waals surface area contributed by atoms with Gasteiger partial charge in [-0.25, -0.2) is 9.59 Å². The third kappa shape index (κ3) is 6.15. The molecule has 1 fully saturated rings. The summed E-state index contributed by atoms with van der Waals surface area (Å²) in [6, 6.07) is 5.82. The Morgan fingerprint density at radius 3 is 2.72 bits per heavy atom. The van der Waals surface area contributed by atoms with E-state index >= 15 is 0 Å². The summed E-state index contributed by atoms with van der Waals surface area (Å²) in [7, 11) is 1.32. The number of aliphatic hydroxyl groups is 1. The van der Waals surface area contributed by atoms with Crippen LogP contribution in [0.4, 0.5) is 4.79 Å². The van der Waals surface area contributed by atoms with Gasteiger partial charge >= 0.3 is 12.1 Å². The molecule has 0 amide bonds. The molecule has 0 bridgehead atoms. The number of carbonyl (C=O) groups is 2. The van der Waals surface area contributed by atoms with Crippen LogP contribution in [-0.2, 0) is 27.1 Å². The van der Waals surface area contributed by atoms with E-state index in [1.54, 1.807) is 0 Å².